The van der Waals surface area contributed by atoms with E-state index in [1.54, 1.807) is 12.1 Å². The van der Waals surface area contributed by atoms with Gasteiger partial charge < -0.3 is 9.84 Å². The molecule has 222 valence electrons. The normalized spacial score (nSPS) is 23.8. The van der Waals surface area contributed by atoms with Crippen LogP contribution in [-0.4, -0.2) is 34.6 Å². The number of nitro groups is 1. The summed E-state index contributed by atoms with van der Waals surface area (Å²) >= 11 is 0. The molecule has 0 aromatic heterocycles. The molecule has 1 N–H and O–H groups in total. The van der Waals surface area contributed by atoms with E-state index in [2.05, 4.69) is 26.8 Å². The van der Waals surface area contributed by atoms with Gasteiger partial charge in [-0.1, -0.05) is 74.4 Å². The molecule has 3 aromatic rings. The minimum Gasteiger partial charge on any atom is -0.507 e. The Morgan fingerprint density at radius 1 is 1.07 bits per heavy atom. The number of ether oxygens (including phenoxy) is 1. The Morgan fingerprint density at radius 2 is 1.84 bits per heavy atom. The van der Waals surface area contributed by atoms with Crippen molar-refractivity contribution in [3.8, 4) is 5.75 Å². The van der Waals surface area contributed by atoms with Crippen molar-refractivity contribution >= 4 is 40.0 Å². The minimum absolute atomic E-state index is 0.135. The summed E-state index contributed by atoms with van der Waals surface area (Å²) in [6.07, 6.45) is 5.03. The van der Waals surface area contributed by atoms with Crippen molar-refractivity contribution in [3.63, 3.8) is 0 Å². The molecule has 3 aromatic carbocycles. The fourth-order valence-electron chi connectivity index (χ4n) is 7.28. The fraction of sp³-hybridized carbons (Fsp3) is 0.371. The first-order valence-corrected chi connectivity index (χ1v) is 15.1. The van der Waals surface area contributed by atoms with Gasteiger partial charge in [0.25, 0.3) is 5.69 Å². The number of fused-ring (bicyclic) bond motifs is 4. The Morgan fingerprint density at radius 3 is 2.56 bits per heavy atom. The molecule has 0 bridgehead atoms. The van der Waals surface area contributed by atoms with Crippen LogP contribution in [0.3, 0.4) is 0 Å². The first-order chi connectivity index (χ1) is 20.7. The first kappa shape index (κ1) is 28.8. The lowest BCUT2D eigenvalue weighted by Gasteiger charge is -2.33. The summed E-state index contributed by atoms with van der Waals surface area (Å²) in [7, 11) is 0. The summed E-state index contributed by atoms with van der Waals surface area (Å²) in [5, 5.41) is 23.5. The van der Waals surface area contributed by atoms with Gasteiger partial charge in [0.1, 0.15) is 5.75 Å². The van der Waals surface area contributed by atoms with E-state index >= 15 is 0 Å². The average Bonchev–Trinajstić information content (AvgIpc) is 3.53. The summed E-state index contributed by atoms with van der Waals surface area (Å²) in [5.74, 6) is -1.32. The van der Waals surface area contributed by atoms with Crippen LogP contribution in [0.5, 0.6) is 5.75 Å². The molecule has 2 amide bonds. The number of anilines is 1. The lowest BCUT2D eigenvalue weighted by atomic mass is 9.67. The van der Waals surface area contributed by atoms with Gasteiger partial charge >= 0.3 is 0 Å². The fourth-order valence-corrected chi connectivity index (χ4v) is 7.28. The molecular formula is C35H36N2O6. The summed E-state index contributed by atoms with van der Waals surface area (Å²) in [5.41, 5.74) is 4.80. The van der Waals surface area contributed by atoms with E-state index in [9.17, 15) is 24.8 Å². The highest BCUT2D eigenvalue weighted by molar-refractivity contribution is 6.22. The molecule has 3 aliphatic rings. The largest absolute Gasteiger partial charge is 0.507 e. The van der Waals surface area contributed by atoms with Gasteiger partial charge in [-0.05, 0) is 60.3 Å². The molecular weight excluding hydrogens is 544 g/mol. The number of phenols is 1. The van der Waals surface area contributed by atoms with Gasteiger partial charge in [0.05, 0.1) is 35.2 Å². The van der Waals surface area contributed by atoms with E-state index in [0.717, 1.165) is 40.5 Å². The maximum atomic E-state index is 13.8. The Hall–Kier alpha value is -4.30. The van der Waals surface area contributed by atoms with Crippen LogP contribution in [-0.2, 0) is 14.3 Å². The number of hydrogen-bond acceptors (Lipinski definition) is 6. The zero-order chi connectivity index (χ0) is 30.4. The van der Waals surface area contributed by atoms with E-state index in [1.165, 1.54) is 34.9 Å². The molecule has 1 aliphatic carbocycles. The van der Waals surface area contributed by atoms with Gasteiger partial charge in [0, 0.05) is 23.4 Å². The van der Waals surface area contributed by atoms with Crippen LogP contribution in [0.4, 0.5) is 11.4 Å². The average molecular weight is 581 g/mol. The van der Waals surface area contributed by atoms with Crippen molar-refractivity contribution in [1.82, 2.24) is 0 Å². The zero-order valence-corrected chi connectivity index (χ0v) is 24.7. The van der Waals surface area contributed by atoms with Gasteiger partial charge in [-0.25, -0.2) is 4.90 Å². The smallest absolute Gasteiger partial charge is 0.271 e. The maximum absolute atomic E-state index is 13.8. The van der Waals surface area contributed by atoms with Gasteiger partial charge in [0.2, 0.25) is 11.8 Å². The number of benzene rings is 3. The SMILES string of the molecule is CC/C(=C\c1ccc(O)c2ccccc12)CC[C@H]1OC[C@H]2C1=C(C(C)C)C[C@H]1C(=O)N(c3cccc([N+](=O)[O-])c3)C(=O)[C@H]12. The third-order valence-electron chi connectivity index (χ3n) is 9.42. The van der Waals surface area contributed by atoms with E-state index in [1.807, 2.05) is 30.3 Å². The molecule has 2 heterocycles. The van der Waals surface area contributed by atoms with Crippen LogP contribution in [0, 0.1) is 33.8 Å². The van der Waals surface area contributed by atoms with Gasteiger partial charge in [-0.15, -0.1) is 0 Å². The summed E-state index contributed by atoms with van der Waals surface area (Å²) in [4.78, 5) is 39.5. The molecule has 0 radical (unpaired) electrons. The molecule has 8 nitrogen and oxygen atoms in total. The highest BCUT2D eigenvalue weighted by Crippen LogP contribution is 2.52. The predicted octanol–water partition coefficient (Wildman–Crippen LogP) is 7.20. The van der Waals surface area contributed by atoms with E-state index < -0.39 is 16.8 Å². The summed E-state index contributed by atoms with van der Waals surface area (Å²) in [6.45, 7) is 6.78. The summed E-state index contributed by atoms with van der Waals surface area (Å²) in [6, 6.07) is 17.3. The van der Waals surface area contributed by atoms with Crippen LogP contribution in [0.2, 0.25) is 0 Å². The molecule has 4 atom stereocenters. The summed E-state index contributed by atoms with van der Waals surface area (Å²) < 4.78 is 6.41. The Labute approximate surface area is 250 Å². The van der Waals surface area contributed by atoms with Gasteiger partial charge in [-0.3, -0.25) is 19.7 Å². The number of phenolic OH excluding ortho intramolecular Hbond substituents is 1. The molecule has 0 spiro atoms. The van der Waals surface area contributed by atoms with Crippen molar-refractivity contribution in [1.29, 1.82) is 0 Å². The molecule has 2 saturated heterocycles. The Balaban J connectivity index is 1.26. The molecule has 43 heavy (non-hydrogen) atoms. The van der Waals surface area contributed by atoms with Crippen molar-refractivity contribution < 1.29 is 24.4 Å². The van der Waals surface area contributed by atoms with Crippen LogP contribution in [0.15, 0.2) is 77.4 Å². The molecule has 6 rings (SSSR count). The monoisotopic (exact) mass is 580 g/mol. The van der Waals surface area contributed by atoms with E-state index in [0.29, 0.717) is 13.0 Å². The second kappa shape index (κ2) is 11.4. The number of amides is 2. The molecule has 0 unspecified atom stereocenters. The molecule has 2 aliphatic heterocycles. The van der Waals surface area contributed by atoms with E-state index in [-0.39, 0.29) is 46.9 Å². The standard InChI is InChI=1S/C35H36N2O6/c1-4-21(16-22-13-14-30(38)26-11-6-5-10-25(22)26)12-15-31-32-27(20(2)3)18-28-33(29(32)19-43-31)35(40)36(34(28)39)23-8-7-9-24(17-23)37(41)42/h5-11,13-14,16-17,20,28-29,31,33,38H,4,12,15,18-19H2,1-3H3/b21-16+/t28-,29+,31-,33-/m1/s1. The number of nitro benzene ring substituents is 1. The second-order valence-corrected chi connectivity index (χ2v) is 12.1. The third-order valence-corrected chi connectivity index (χ3v) is 9.42. The van der Waals surface area contributed by atoms with Crippen molar-refractivity contribution in [2.24, 2.45) is 23.7 Å². The number of carbonyl (C=O) groups is 2. The van der Waals surface area contributed by atoms with Gasteiger partial charge in [-0.2, -0.15) is 0 Å². The molecule has 2 fully saturated rings. The lowest BCUT2D eigenvalue weighted by Crippen LogP contribution is -2.35. The Kier molecular flexibility index (Phi) is 7.65. The van der Waals surface area contributed by atoms with Crippen molar-refractivity contribution in [2.45, 2.75) is 52.6 Å². The number of non-ortho nitro benzene ring substituents is 1. The van der Waals surface area contributed by atoms with Crippen molar-refractivity contribution in [3.05, 3.63) is 93.1 Å². The molecule has 8 heteroatoms. The van der Waals surface area contributed by atoms with Crippen LogP contribution in [0.1, 0.15) is 52.0 Å². The minimum atomic E-state index is -0.529. The quantitative estimate of drug-likeness (QED) is 0.131. The van der Waals surface area contributed by atoms with Crippen LogP contribution >= 0.6 is 0 Å². The second-order valence-electron chi connectivity index (χ2n) is 12.1. The maximum Gasteiger partial charge on any atom is 0.271 e. The lowest BCUT2D eigenvalue weighted by molar-refractivity contribution is -0.384. The van der Waals surface area contributed by atoms with Gasteiger partial charge in [0.15, 0.2) is 0 Å². The number of allylic oxidation sites excluding steroid dienone is 2. The number of carbonyl (C=O) groups excluding carboxylic acids is 2. The number of hydrogen-bond donors (Lipinski definition) is 1. The Bertz CT molecular complexity index is 1690. The first-order valence-electron chi connectivity index (χ1n) is 15.1. The topological polar surface area (TPSA) is 110 Å². The number of aromatic hydroxyl groups is 1. The highest BCUT2D eigenvalue weighted by Gasteiger charge is 2.57. The third kappa shape index (κ3) is 5.03. The zero-order valence-electron chi connectivity index (χ0n) is 24.7. The van der Waals surface area contributed by atoms with Crippen LogP contribution in [0.25, 0.3) is 16.8 Å². The van der Waals surface area contributed by atoms with Crippen LogP contribution < -0.4 is 4.90 Å². The van der Waals surface area contributed by atoms with E-state index in [4.69, 9.17) is 4.74 Å². The number of imide groups is 1. The number of rotatable bonds is 8. The predicted molar refractivity (Wildman–Crippen MR) is 165 cm³/mol. The highest BCUT2D eigenvalue weighted by atomic mass is 16.6. The van der Waals surface area contributed by atoms with Crippen molar-refractivity contribution in [2.75, 3.05) is 11.5 Å². The number of nitrogens with zero attached hydrogens (tertiary/aromatic N) is 2. The molecule has 0 saturated carbocycles.